The SMILES string of the molecule is Nc1ccc2c(n1)CCN2C(=O)c1ncc(N2CCC3(CC2)Cc2ccc(Cl)cc2C3N)nc1N. The highest BCUT2D eigenvalue weighted by molar-refractivity contribution is 6.30. The van der Waals surface area contributed by atoms with Gasteiger partial charge < -0.3 is 27.0 Å². The first kappa shape index (κ1) is 22.1. The Labute approximate surface area is 208 Å². The van der Waals surface area contributed by atoms with Crippen LogP contribution in [0.3, 0.4) is 0 Å². The Morgan fingerprint density at radius 1 is 1.09 bits per heavy atom. The third kappa shape index (κ3) is 3.57. The summed E-state index contributed by atoms with van der Waals surface area (Å²) in [5, 5.41) is 0.729. The summed E-state index contributed by atoms with van der Waals surface area (Å²) in [6.45, 7) is 2.10. The Bertz CT molecular complexity index is 1340. The van der Waals surface area contributed by atoms with Crippen molar-refractivity contribution in [3.63, 3.8) is 0 Å². The number of nitrogen functional groups attached to an aromatic ring is 2. The maximum atomic E-state index is 13.2. The second-order valence-electron chi connectivity index (χ2n) is 9.72. The number of aromatic nitrogens is 3. The predicted molar refractivity (Wildman–Crippen MR) is 136 cm³/mol. The van der Waals surface area contributed by atoms with Gasteiger partial charge in [0.1, 0.15) is 11.6 Å². The van der Waals surface area contributed by atoms with E-state index in [4.69, 9.17) is 28.8 Å². The lowest BCUT2D eigenvalue weighted by molar-refractivity contribution is 0.0985. The molecule has 4 heterocycles. The van der Waals surface area contributed by atoms with Crippen LogP contribution in [0.1, 0.15) is 46.2 Å². The van der Waals surface area contributed by atoms with E-state index in [9.17, 15) is 4.79 Å². The molecule has 9 nitrogen and oxygen atoms in total. The minimum atomic E-state index is -0.280. The second-order valence-corrected chi connectivity index (χ2v) is 10.2. The number of carbonyl (C=O) groups excluding carboxylic acids is 1. The van der Waals surface area contributed by atoms with Crippen LogP contribution in [0.5, 0.6) is 0 Å². The molecular weight excluding hydrogens is 464 g/mol. The molecule has 6 N–H and O–H groups in total. The van der Waals surface area contributed by atoms with E-state index in [-0.39, 0.29) is 28.9 Å². The van der Waals surface area contributed by atoms with Crippen LogP contribution in [0, 0.1) is 5.41 Å². The summed E-state index contributed by atoms with van der Waals surface area (Å²) in [6, 6.07) is 9.52. The van der Waals surface area contributed by atoms with Crippen molar-refractivity contribution in [3.8, 4) is 0 Å². The van der Waals surface area contributed by atoms with Crippen molar-refractivity contribution in [1.82, 2.24) is 15.0 Å². The van der Waals surface area contributed by atoms with Gasteiger partial charge >= 0.3 is 0 Å². The van der Waals surface area contributed by atoms with E-state index < -0.39 is 0 Å². The molecule has 1 spiro atoms. The molecule has 2 aromatic heterocycles. The fourth-order valence-corrected chi connectivity index (χ4v) is 6.01. The van der Waals surface area contributed by atoms with Crippen LogP contribution >= 0.6 is 11.6 Å². The first-order valence-corrected chi connectivity index (χ1v) is 12.2. The highest BCUT2D eigenvalue weighted by atomic mass is 35.5. The standard InChI is InChI=1S/C25H27ClN8O/c26-15-2-1-14-12-25(22(28)16(14)11-15)6-9-33(10-7-25)20-13-30-21(23(29)32-20)24(35)34-8-5-17-18(34)3-4-19(27)31-17/h1-4,11,13,22H,5-10,12,28H2,(H2,27,31)(H2,29,32). The third-order valence-corrected chi connectivity index (χ3v) is 8.03. The average molecular weight is 491 g/mol. The fourth-order valence-electron chi connectivity index (χ4n) is 5.83. The van der Waals surface area contributed by atoms with E-state index in [1.54, 1.807) is 17.2 Å². The molecule has 1 atom stereocenters. The molecule has 1 amide bonds. The zero-order valence-electron chi connectivity index (χ0n) is 19.2. The Morgan fingerprint density at radius 3 is 2.66 bits per heavy atom. The van der Waals surface area contributed by atoms with Gasteiger partial charge in [0, 0.05) is 37.1 Å². The zero-order valence-corrected chi connectivity index (χ0v) is 20.0. The van der Waals surface area contributed by atoms with Gasteiger partial charge in [-0.05, 0) is 60.1 Å². The van der Waals surface area contributed by atoms with Crippen molar-refractivity contribution >= 4 is 40.6 Å². The molecule has 3 aromatic rings. The molecule has 1 unspecified atom stereocenters. The van der Waals surface area contributed by atoms with Crippen molar-refractivity contribution in [3.05, 3.63) is 64.1 Å². The van der Waals surface area contributed by atoms with Crippen LogP contribution in [0.4, 0.5) is 23.1 Å². The number of piperidine rings is 1. The van der Waals surface area contributed by atoms with Gasteiger partial charge in [-0.15, -0.1) is 0 Å². The first-order chi connectivity index (χ1) is 16.8. The highest BCUT2D eigenvalue weighted by Crippen LogP contribution is 2.51. The second kappa shape index (κ2) is 8.07. The van der Waals surface area contributed by atoms with E-state index in [2.05, 4.69) is 25.9 Å². The summed E-state index contributed by atoms with van der Waals surface area (Å²) in [6.07, 6.45) is 5.12. The van der Waals surface area contributed by atoms with Gasteiger partial charge in [0.25, 0.3) is 5.91 Å². The number of amides is 1. The van der Waals surface area contributed by atoms with Gasteiger partial charge in [-0.1, -0.05) is 17.7 Å². The van der Waals surface area contributed by atoms with Crippen LogP contribution < -0.4 is 27.0 Å². The molecule has 2 aliphatic heterocycles. The van der Waals surface area contributed by atoms with Crippen LogP contribution in [-0.4, -0.2) is 40.5 Å². The molecule has 0 radical (unpaired) electrons. The molecule has 1 fully saturated rings. The molecule has 1 aromatic carbocycles. The molecule has 1 aliphatic carbocycles. The number of hydrogen-bond donors (Lipinski definition) is 3. The molecule has 1 saturated heterocycles. The fraction of sp³-hybridized carbons (Fsp3) is 0.360. The molecule has 3 aliphatic rings. The number of benzene rings is 1. The highest BCUT2D eigenvalue weighted by Gasteiger charge is 2.46. The average Bonchev–Trinajstić information content (AvgIpc) is 3.38. The maximum Gasteiger partial charge on any atom is 0.280 e. The lowest BCUT2D eigenvalue weighted by atomic mass is 9.73. The Kier molecular flexibility index (Phi) is 5.08. The molecular formula is C25H27ClN8O. The maximum absolute atomic E-state index is 13.2. The Hall–Kier alpha value is -3.43. The van der Waals surface area contributed by atoms with E-state index in [0.29, 0.717) is 24.6 Å². The minimum Gasteiger partial charge on any atom is -0.384 e. The van der Waals surface area contributed by atoms with Crippen LogP contribution in [0.15, 0.2) is 36.5 Å². The van der Waals surface area contributed by atoms with Gasteiger partial charge in [0.05, 0.1) is 17.6 Å². The molecule has 180 valence electrons. The molecule has 0 bridgehead atoms. The molecule has 6 rings (SSSR count). The van der Waals surface area contributed by atoms with Gasteiger partial charge in [-0.2, -0.15) is 0 Å². The van der Waals surface area contributed by atoms with E-state index in [0.717, 1.165) is 48.8 Å². The number of rotatable bonds is 2. The number of anilines is 4. The van der Waals surface area contributed by atoms with Crippen molar-refractivity contribution in [2.75, 3.05) is 40.9 Å². The van der Waals surface area contributed by atoms with Crippen molar-refractivity contribution in [1.29, 1.82) is 0 Å². The number of halogens is 1. The number of fused-ring (bicyclic) bond motifs is 2. The summed E-state index contributed by atoms with van der Waals surface area (Å²) in [5.41, 5.74) is 22.9. The number of hydrogen-bond acceptors (Lipinski definition) is 8. The molecule has 0 saturated carbocycles. The van der Waals surface area contributed by atoms with Gasteiger partial charge in [-0.25, -0.2) is 15.0 Å². The molecule has 35 heavy (non-hydrogen) atoms. The largest absolute Gasteiger partial charge is 0.384 e. The quantitative estimate of drug-likeness (QED) is 0.498. The van der Waals surface area contributed by atoms with E-state index in [1.165, 1.54) is 11.1 Å². The summed E-state index contributed by atoms with van der Waals surface area (Å²) >= 11 is 6.22. The van der Waals surface area contributed by atoms with Crippen LogP contribution in [0.25, 0.3) is 0 Å². The summed E-state index contributed by atoms with van der Waals surface area (Å²) in [4.78, 5) is 30.3. The van der Waals surface area contributed by atoms with Crippen molar-refractivity contribution < 1.29 is 4.79 Å². The van der Waals surface area contributed by atoms with Gasteiger partial charge in [-0.3, -0.25) is 4.79 Å². The molecule has 10 heteroatoms. The Balaban J connectivity index is 1.17. The van der Waals surface area contributed by atoms with Crippen LogP contribution in [-0.2, 0) is 12.8 Å². The zero-order chi connectivity index (χ0) is 24.3. The predicted octanol–water partition coefficient (Wildman–Crippen LogP) is 2.73. The Morgan fingerprint density at radius 2 is 1.89 bits per heavy atom. The van der Waals surface area contributed by atoms with E-state index >= 15 is 0 Å². The number of carbonyl (C=O) groups is 1. The van der Waals surface area contributed by atoms with E-state index in [1.807, 2.05) is 18.2 Å². The monoisotopic (exact) mass is 490 g/mol. The lowest BCUT2D eigenvalue weighted by Gasteiger charge is -2.42. The lowest BCUT2D eigenvalue weighted by Crippen LogP contribution is -2.44. The van der Waals surface area contributed by atoms with Crippen LogP contribution in [0.2, 0.25) is 5.02 Å². The van der Waals surface area contributed by atoms with Gasteiger partial charge in [0.15, 0.2) is 11.5 Å². The first-order valence-electron chi connectivity index (χ1n) is 11.8. The number of nitrogens with zero attached hydrogens (tertiary/aromatic N) is 5. The minimum absolute atomic E-state index is 0.0253. The van der Waals surface area contributed by atoms with Crippen molar-refractivity contribution in [2.24, 2.45) is 11.1 Å². The third-order valence-electron chi connectivity index (χ3n) is 7.80. The van der Waals surface area contributed by atoms with Gasteiger partial charge in [0.2, 0.25) is 0 Å². The smallest absolute Gasteiger partial charge is 0.280 e. The normalized spacial score (nSPS) is 20.2. The summed E-state index contributed by atoms with van der Waals surface area (Å²) < 4.78 is 0. The number of pyridine rings is 1. The summed E-state index contributed by atoms with van der Waals surface area (Å²) in [5.74, 6) is 0.968. The summed E-state index contributed by atoms with van der Waals surface area (Å²) in [7, 11) is 0. The number of nitrogens with two attached hydrogens (primary N) is 3. The topological polar surface area (TPSA) is 140 Å². The van der Waals surface area contributed by atoms with Crippen molar-refractivity contribution in [2.45, 2.75) is 31.7 Å².